The SMILES string of the molecule is CCCCOC(=O)NCc1ccc(C(=O)Nc2nonc2-c2noc(=O)n2-c2cccc(Cl)c2)cc1. The van der Waals surface area contributed by atoms with Crippen LogP contribution >= 0.6 is 11.6 Å². The van der Waals surface area contributed by atoms with Gasteiger partial charge in [-0.15, -0.1) is 0 Å². The second-order valence-corrected chi connectivity index (χ2v) is 7.98. The van der Waals surface area contributed by atoms with E-state index in [1.807, 2.05) is 6.92 Å². The van der Waals surface area contributed by atoms with Crippen LogP contribution in [0.5, 0.6) is 0 Å². The average molecular weight is 513 g/mol. The highest BCUT2D eigenvalue weighted by Crippen LogP contribution is 2.25. The molecule has 2 heterocycles. The van der Waals surface area contributed by atoms with Crippen LogP contribution in [0.1, 0.15) is 35.7 Å². The van der Waals surface area contributed by atoms with Crippen molar-refractivity contribution in [3.8, 4) is 17.2 Å². The Balaban J connectivity index is 1.45. The molecule has 4 aromatic rings. The van der Waals surface area contributed by atoms with Gasteiger partial charge in [0.2, 0.25) is 11.6 Å². The number of amides is 2. The molecule has 0 aliphatic heterocycles. The molecule has 36 heavy (non-hydrogen) atoms. The number of hydrogen-bond donors (Lipinski definition) is 2. The number of ether oxygens (including phenoxy) is 1. The molecular weight excluding hydrogens is 492 g/mol. The molecule has 12 nitrogen and oxygen atoms in total. The molecule has 2 N–H and O–H groups in total. The van der Waals surface area contributed by atoms with E-state index in [1.165, 1.54) is 6.07 Å². The predicted octanol–water partition coefficient (Wildman–Crippen LogP) is 3.81. The van der Waals surface area contributed by atoms with Gasteiger partial charge >= 0.3 is 11.8 Å². The van der Waals surface area contributed by atoms with Gasteiger partial charge in [0.05, 0.1) is 12.3 Å². The maximum absolute atomic E-state index is 12.8. The molecule has 2 aromatic carbocycles. The number of unbranched alkanes of at least 4 members (excludes halogenated alkanes) is 1. The van der Waals surface area contributed by atoms with Crippen molar-refractivity contribution < 1.29 is 23.5 Å². The minimum atomic E-state index is -0.786. The quantitative estimate of drug-likeness (QED) is 0.318. The van der Waals surface area contributed by atoms with Crippen molar-refractivity contribution in [2.45, 2.75) is 26.3 Å². The Morgan fingerprint density at radius 3 is 2.67 bits per heavy atom. The third-order valence-corrected chi connectivity index (χ3v) is 5.22. The van der Waals surface area contributed by atoms with Gasteiger partial charge in [-0.05, 0) is 52.6 Å². The van der Waals surface area contributed by atoms with Crippen molar-refractivity contribution >= 4 is 29.4 Å². The molecule has 0 spiro atoms. The van der Waals surface area contributed by atoms with Crippen LogP contribution in [0.2, 0.25) is 5.02 Å². The highest BCUT2D eigenvalue weighted by atomic mass is 35.5. The summed E-state index contributed by atoms with van der Waals surface area (Å²) in [6.45, 7) is 2.62. The zero-order chi connectivity index (χ0) is 25.5. The van der Waals surface area contributed by atoms with Crippen LogP contribution in [0.25, 0.3) is 17.2 Å². The highest BCUT2D eigenvalue weighted by molar-refractivity contribution is 6.30. The molecule has 2 aromatic heterocycles. The van der Waals surface area contributed by atoms with Gasteiger partial charge in [-0.25, -0.2) is 18.8 Å². The molecule has 0 bridgehead atoms. The molecule has 4 rings (SSSR count). The van der Waals surface area contributed by atoms with Crippen molar-refractivity contribution in [3.63, 3.8) is 0 Å². The van der Waals surface area contributed by atoms with Crippen molar-refractivity contribution in [1.82, 2.24) is 25.4 Å². The third kappa shape index (κ3) is 5.78. The lowest BCUT2D eigenvalue weighted by molar-refractivity contribution is 0.102. The van der Waals surface area contributed by atoms with E-state index in [1.54, 1.807) is 42.5 Å². The Morgan fingerprint density at radius 2 is 1.92 bits per heavy atom. The largest absolute Gasteiger partial charge is 0.450 e. The fraction of sp³-hybridized carbons (Fsp3) is 0.217. The first-order chi connectivity index (χ1) is 17.5. The normalized spacial score (nSPS) is 10.7. The Morgan fingerprint density at radius 1 is 1.11 bits per heavy atom. The van der Waals surface area contributed by atoms with Gasteiger partial charge in [0.25, 0.3) is 5.91 Å². The van der Waals surface area contributed by atoms with Crippen LogP contribution < -0.4 is 16.4 Å². The number of alkyl carbamates (subject to hydrolysis) is 1. The molecule has 0 saturated heterocycles. The molecule has 0 saturated carbocycles. The summed E-state index contributed by atoms with van der Waals surface area (Å²) in [4.78, 5) is 36.7. The molecule has 0 fully saturated rings. The molecule has 0 radical (unpaired) electrons. The van der Waals surface area contributed by atoms with Gasteiger partial charge in [0.15, 0.2) is 5.69 Å². The zero-order valence-electron chi connectivity index (χ0n) is 19.1. The average Bonchev–Trinajstić information content (AvgIpc) is 3.49. The maximum atomic E-state index is 12.8. The van der Waals surface area contributed by atoms with Crippen molar-refractivity contribution in [2.75, 3.05) is 11.9 Å². The van der Waals surface area contributed by atoms with Crippen LogP contribution in [-0.4, -0.2) is 38.6 Å². The maximum Gasteiger partial charge on any atom is 0.446 e. The molecule has 0 unspecified atom stereocenters. The number of nitrogens with zero attached hydrogens (tertiary/aromatic N) is 4. The van der Waals surface area contributed by atoms with Gasteiger partial charge in [0, 0.05) is 17.1 Å². The number of nitrogens with one attached hydrogen (secondary N) is 2. The lowest BCUT2D eigenvalue weighted by Gasteiger charge is -2.08. The summed E-state index contributed by atoms with van der Waals surface area (Å²) in [5, 5.41) is 16.9. The minimum Gasteiger partial charge on any atom is -0.450 e. The topological polar surface area (TPSA) is 154 Å². The van der Waals surface area contributed by atoms with Crippen molar-refractivity contribution in [1.29, 1.82) is 0 Å². The van der Waals surface area contributed by atoms with E-state index in [2.05, 4.69) is 26.1 Å². The van der Waals surface area contributed by atoms with Crippen molar-refractivity contribution in [3.05, 3.63) is 75.2 Å². The highest BCUT2D eigenvalue weighted by Gasteiger charge is 2.24. The molecule has 0 atom stereocenters. The molecule has 186 valence electrons. The fourth-order valence-corrected chi connectivity index (χ4v) is 3.33. The van der Waals surface area contributed by atoms with Gasteiger partial charge in [-0.2, -0.15) is 0 Å². The van der Waals surface area contributed by atoms with E-state index in [-0.39, 0.29) is 23.9 Å². The Hall–Kier alpha value is -4.45. The van der Waals surface area contributed by atoms with Crippen LogP contribution in [0.4, 0.5) is 10.6 Å². The van der Waals surface area contributed by atoms with E-state index in [9.17, 15) is 14.4 Å². The van der Waals surface area contributed by atoms with E-state index in [4.69, 9.17) is 25.5 Å². The summed E-state index contributed by atoms with van der Waals surface area (Å²) in [5.74, 6) is -1.40. The van der Waals surface area contributed by atoms with Gasteiger partial charge in [-0.1, -0.05) is 48.3 Å². The van der Waals surface area contributed by atoms with E-state index >= 15 is 0 Å². The van der Waals surface area contributed by atoms with E-state index < -0.39 is 17.8 Å². The molecule has 0 aliphatic rings. The summed E-state index contributed by atoms with van der Waals surface area (Å²) in [7, 11) is 0. The predicted molar refractivity (Wildman–Crippen MR) is 128 cm³/mol. The van der Waals surface area contributed by atoms with Crippen LogP contribution in [0.15, 0.2) is 62.5 Å². The first kappa shape index (κ1) is 24.7. The number of benzene rings is 2. The first-order valence-corrected chi connectivity index (χ1v) is 11.3. The number of rotatable bonds is 9. The zero-order valence-corrected chi connectivity index (χ0v) is 19.8. The third-order valence-electron chi connectivity index (χ3n) is 4.99. The molecule has 0 aliphatic carbocycles. The fourth-order valence-electron chi connectivity index (χ4n) is 3.15. The number of carbonyl (C=O) groups is 2. The smallest absolute Gasteiger partial charge is 0.446 e. The van der Waals surface area contributed by atoms with Crippen LogP contribution in [0.3, 0.4) is 0 Å². The van der Waals surface area contributed by atoms with E-state index in [0.29, 0.717) is 22.9 Å². The Kier molecular flexibility index (Phi) is 7.75. The second kappa shape index (κ2) is 11.3. The van der Waals surface area contributed by atoms with Crippen LogP contribution in [-0.2, 0) is 11.3 Å². The summed E-state index contributed by atoms with van der Waals surface area (Å²) in [6.07, 6.45) is 1.23. The van der Waals surface area contributed by atoms with Gasteiger partial charge in [0.1, 0.15) is 0 Å². The molecule has 13 heteroatoms. The Labute approximate surface area is 209 Å². The molecule has 2 amide bonds. The minimum absolute atomic E-state index is 0.0171. The first-order valence-electron chi connectivity index (χ1n) is 10.9. The summed E-state index contributed by atoms with van der Waals surface area (Å²) in [5.41, 5.74) is 1.44. The van der Waals surface area contributed by atoms with Gasteiger partial charge < -0.3 is 15.4 Å². The number of halogens is 1. The number of hydrogen-bond acceptors (Lipinski definition) is 9. The summed E-state index contributed by atoms with van der Waals surface area (Å²) < 4.78 is 15.7. The van der Waals surface area contributed by atoms with Gasteiger partial charge in [-0.3, -0.25) is 9.32 Å². The standard InChI is InChI=1S/C23H21ClN6O6/c1-2-3-11-34-22(32)25-13-14-7-9-15(10-8-14)21(31)26-19-18(27-36-28-19)20-29-35-23(33)30(20)17-6-4-5-16(24)12-17/h4-10,12H,2-3,11,13H2,1H3,(H,25,32)(H,26,28,31). The molecular formula is C23H21ClN6O6. The van der Waals surface area contributed by atoms with E-state index in [0.717, 1.165) is 23.0 Å². The lowest BCUT2D eigenvalue weighted by atomic mass is 10.1. The Bertz CT molecular complexity index is 1410. The number of aromatic nitrogens is 4. The summed E-state index contributed by atoms with van der Waals surface area (Å²) >= 11 is 6.03. The number of anilines is 1. The van der Waals surface area contributed by atoms with Crippen molar-refractivity contribution in [2.24, 2.45) is 0 Å². The lowest BCUT2D eigenvalue weighted by Crippen LogP contribution is -2.24. The van der Waals surface area contributed by atoms with Crippen LogP contribution in [0, 0.1) is 0 Å². The summed E-state index contributed by atoms with van der Waals surface area (Å²) in [6, 6.07) is 13.0. The second-order valence-electron chi connectivity index (χ2n) is 7.54. The number of carbonyl (C=O) groups excluding carboxylic acids is 2. The monoisotopic (exact) mass is 512 g/mol.